The Kier molecular flexibility index (Phi) is 8.47. The van der Waals surface area contributed by atoms with E-state index in [1.165, 1.54) is 0 Å². The van der Waals surface area contributed by atoms with E-state index in [0.717, 1.165) is 38.2 Å². The normalized spacial score (nSPS) is 13.3. The first-order valence-corrected chi connectivity index (χ1v) is 7.78. The molecular weight excluding hydrogens is 262 g/mol. The molecule has 0 radical (unpaired) electrons. The molecule has 0 amide bonds. The maximum absolute atomic E-state index is 5.54. The number of rotatable bonds is 8. The number of hydrogen-bond donors (Lipinski definition) is 3. The van der Waals surface area contributed by atoms with Crippen molar-refractivity contribution in [2.45, 2.75) is 39.7 Å². The summed E-state index contributed by atoms with van der Waals surface area (Å²) in [5, 5.41) is 3.18. The van der Waals surface area contributed by atoms with E-state index in [1.54, 1.807) is 0 Å². The predicted octanol–water partition coefficient (Wildman–Crippen LogP) is 2.43. The van der Waals surface area contributed by atoms with Gasteiger partial charge in [0.2, 0.25) is 5.96 Å². The number of aliphatic imine (C=N–C) groups is 1. The molecule has 0 aromatic heterocycles. The van der Waals surface area contributed by atoms with Crippen LogP contribution in [0.3, 0.4) is 0 Å². The molecule has 1 unspecified atom stereocenters. The molecule has 0 aliphatic rings. The Morgan fingerprint density at radius 1 is 1.24 bits per heavy atom. The highest BCUT2D eigenvalue weighted by molar-refractivity contribution is 5.93. The Morgan fingerprint density at radius 3 is 2.48 bits per heavy atom. The molecule has 1 aromatic carbocycles. The summed E-state index contributed by atoms with van der Waals surface area (Å²) in [6.45, 7) is 9.87. The number of anilines is 1. The minimum absolute atomic E-state index is 0.239. The zero-order valence-corrected chi connectivity index (χ0v) is 13.5. The third-order valence-electron chi connectivity index (χ3n) is 3.51. The van der Waals surface area contributed by atoms with E-state index in [9.17, 15) is 0 Å². The fourth-order valence-corrected chi connectivity index (χ4v) is 2.20. The zero-order valence-electron chi connectivity index (χ0n) is 13.5. The van der Waals surface area contributed by atoms with Gasteiger partial charge in [0.15, 0.2) is 0 Å². The third-order valence-corrected chi connectivity index (χ3v) is 3.51. The van der Waals surface area contributed by atoms with Crippen molar-refractivity contribution in [3.05, 3.63) is 30.3 Å². The number of hydrogen-bond acceptors (Lipinski definition) is 3. The van der Waals surface area contributed by atoms with Crippen LogP contribution in [0.1, 0.15) is 33.6 Å². The van der Waals surface area contributed by atoms with Gasteiger partial charge in [0.1, 0.15) is 0 Å². The highest BCUT2D eigenvalue weighted by Crippen LogP contribution is 2.07. The second-order valence-electron chi connectivity index (χ2n) is 5.13. The number of para-hydroxylation sites is 1. The Bertz CT molecular complexity index is 400. The highest BCUT2D eigenvalue weighted by Gasteiger charge is 2.05. The van der Waals surface area contributed by atoms with Crippen LogP contribution in [0.15, 0.2) is 35.3 Å². The summed E-state index contributed by atoms with van der Waals surface area (Å²) < 4.78 is 0. The maximum atomic E-state index is 5.54. The molecular formula is C16H29N5. The van der Waals surface area contributed by atoms with Gasteiger partial charge in [0.05, 0.1) is 6.04 Å². The van der Waals surface area contributed by atoms with Crippen molar-refractivity contribution < 1.29 is 0 Å². The lowest BCUT2D eigenvalue weighted by Gasteiger charge is -2.18. The van der Waals surface area contributed by atoms with Crippen LogP contribution in [0, 0.1) is 0 Å². The van der Waals surface area contributed by atoms with Crippen LogP contribution in [-0.4, -0.2) is 36.5 Å². The molecule has 5 nitrogen and oxygen atoms in total. The quantitative estimate of drug-likeness (QED) is 0.298. The molecule has 118 valence electrons. The van der Waals surface area contributed by atoms with Crippen LogP contribution in [0.25, 0.3) is 0 Å². The summed E-state index contributed by atoms with van der Waals surface area (Å²) in [5.74, 6) is 6.15. The Balaban J connectivity index is 2.42. The van der Waals surface area contributed by atoms with Gasteiger partial charge in [0, 0.05) is 5.69 Å². The average molecular weight is 291 g/mol. The van der Waals surface area contributed by atoms with Gasteiger partial charge >= 0.3 is 0 Å². The summed E-state index contributed by atoms with van der Waals surface area (Å²) in [7, 11) is 0. The van der Waals surface area contributed by atoms with Crippen LogP contribution >= 0.6 is 0 Å². The molecule has 0 saturated heterocycles. The molecule has 1 rings (SSSR count). The summed E-state index contributed by atoms with van der Waals surface area (Å²) >= 11 is 0. The van der Waals surface area contributed by atoms with Gasteiger partial charge in [-0.15, -0.1) is 0 Å². The first-order chi connectivity index (χ1) is 10.2. The second kappa shape index (κ2) is 10.2. The van der Waals surface area contributed by atoms with E-state index in [4.69, 9.17) is 5.84 Å². The monoisotopic (exact) mass is 291 g/mol. The van der Waals surface area contributed by atoms with E-state index < -0.39 is 0 Å². The lowest BCUT2D eigenvalue weighted by Crippen LogP contribution is -2.37. The van der Waals surface area contributed by atoms with Gasteiger partial charge in [-0.05, 0) is 51.5 Å². The van der Waals surface area contributed by atoms with E-state index in [-0.39, 0.29) is 6.04 Å². The summed E-state index contributed by atoms with van der Waals surface area (Å²) in [6, 6.07) is 10.1. The van der Waals surface area contributed by atoms with Crippen molar-refractivity contribution in [3.8, 4) is 0 Å². The van der Waals surface area contributed by atoms with Crippen molar-refractivity contribution >= 4 is 11.6 Å². The minimum atomic E-state index is 0.239. The van der Waals surface area contributed by atoms with Crippen LogP contribution < -0.4 is 16.6 Å². The molecule has 5 heteroatoms. The molecule has 0 spiro atoms. The van der Waals surface area contributed by atoms with Crippen molar-refractivity contribution in [3.63, 3.8) is 0 Å². The Hall–Kier alpha value is -1.59. The van der Waals surface area contributed by atoms with Crippen molar-refractivity contribution in [2.24, 2.45) is 10.8 Å². The largest absolute Gasteiger partial charge is 0.325 e. The molecule has 1 aromatic rings. The van der Waals surface area contributed by atoms with Gasteiger partial charge in [0.25, 0.3) is 0 Å². The van der Waals surface area contributed by atoms with Gasteiger partial charge in [-0.25, -0.2) is 10.8 Å². The smallest absolute Gasteiger partial charge is 0.210 e. The molecule has 4 N–H and O–H groups in total. The standard InChI is InChI=1S/C16H29N5/c1-4-21(5-2)13-9-10-14(3)18-16(20-17)19-15-11-7-6-8-12-15/h6-8,11-12,14H,4-5,9-10,13,17H2,1-3H3,(H2,18,19,20). The lowest BCUT2D eigenvalue weighted by atomic mass is 10.2. The topological polar surface area (TPSA) is 65.7 Å². The van der Waals surface area contributed by atoms with Gasteiger partial charge in [-0.3, -0.25) is 5.43 Å². The molecule has 0 aliphatic heterocycles. The highest BCUT2D eigenvalue weighted by atomic mass is 15.3. The SMILES string of the molecule is CCN(CC)CCCC(C)N=C(NN)Nc1ccccc1. The second-order valence-corrected chi connectivity index (χ2v) is 5.13. The van der Waals surface area contributed by atoms with Crippen molar-refractivity contribution in [1.82, 2.24) is 10.3 Å². The van der Waals surface area contributed by atoms with Crippen LogP contribution in [0.5, 0.6) is 0 Å². The van der Waals surface area contributed by atoms with Crippen molar-refractivity contribution in [1.29, 1.82) is 0 Å². The summed E-state index contributed by atoms with van der Waals surface area (Å²) in [4.78, 5) is 7.02. The van der Waals surface area contributed by atoms with Crippen LogP contribution in [0.2, 0.25) is 0 Å². The van der Waals surface area contributed by atoms with Crippen LogP contribution in [-0.2, 0) is 0 Å². The molecule has 1 atom stereocenters. The molecule has 0 saturated carbocycles. The molecule has 0 bridgehead atoms. The summed E-state index contributed by atoms with van der Waals surface area (Å²) in [5.41, 5.74) is 3.61. The predicted molar refractivity (Wildman–Crippen MR) is 91.3 cm³/mol. The number of hydrazine groups is 1. The molecule has 0 aliphatic carbocycles. The number of guanidine groups is 1. The average Bonchev–Trinajstić information content (AvgIpc) is 2.52. The number of nitrogens with zero attached hydrogens (tertiary/aromatic N) is 2. The fraction of sp³-hybridized carbons (Fsp3) is 0.562. The van der Waals surface area contributed by atoms with Crippen molar-refractivity contribution in [2.75, 3.05) is 25.0 Å². The number of nitrogens with two attached hydrogens (primary N) is 1. The number of nitrogens with one attached hydrogen (secondary N) is 2. The molecule has 21 heavy (non-hydrogen) atoms. The number of benzene rings is 1. The Morgan fingerprint density at radius 2 is 1.90 bits per heavy atom. The molecule has 0 heterocycles. The van der Waals surface area contributed by atoms with E-state index >= 15 is 0 Å². The lowest BCUT2D eigenvalue weighted by molar-refractivity contribution is 0.294. The van der Waals surface area contributed by atoms with Gasteiger partial charge < -0.3 is 10.2 Å². The van der Waals surface area contributed by atoms with E-state index in [0.29, 0.717) is 5.96 Å². The summed E-state index contributed by atoms with van der Waals surface area (Å²) in [6.07, 6.45) is 2.20. The maximum Gasteiger partial charge on any atom is 0.210 e. The third kappa shape index (κ3) is 7.11. The van der Waals surface area contributed by atoms with Gasteiger partial charge in [-0.1, -0.05) is 32.0 Å². The van der Waals surface area contributed by atoms with E-state index in [2.05, 4.69) is 41.4 Å². The zero-order chi connectivity index (χ0) is 15.5. The van der Waals surface area contributed by atoms with Gasteiger partial charge in [-0.2, -0.15) is 0 Å². The fourth-order valence-electron chi connectivity index (χ4n) is 2.20. The first kappa shape index (κ1) is 17.5. The van der Waals surface area contributed by atoms with E-state index in [1.807, 2.05) is 30.3 Å². The Labute approximate surface area is 128 Å². The minimum Gasteiger partial charge on any atom is -0.325 e. The molecule has 0 fully saturated rings. The van der Waals surface area contributed by atoms with Crippen LogP contribution in [0.4, 0.5) is 5.69 Å². The first-order valence-electron chi connectivity index (χ1n) is 7.78.